The smallest absolute Gasteiger partial charge is 0.0525 e. The number of nitrogens with two attached hydrogens (primary N) is 1. The van der Waals surface area contributed by atoms with E-state index in [1.54, 1.807) is 0 Å². The monoisotopic (exact) mass is 303 g/mol. The minimum atomic E-state index is 0.158. The fourth-order valence-corrected chi connectivity index (χ4v) is 2.93. The molecule has 0 spiro atoms. The molecule has 2 N–H and O–H groups in total. The summed E-state index contributed by atoms with van der Waals surface area (Å²) in [5.74, 6) is 0. The fraction of sp³-hybridized carbons (Fsp3) is 0.353. The van der Waals surface area contributed by atoms with E-state index in [1.807, 2.05) is 32.0 Å². The van der Waals surface area contributed by atoms with Crippen molar-refractivity contribution >= 4 is 17.3 Å². The molecule has 0 amide bonds. The van der Waals surface area contributed by atoms with Crippen molar-refractivity contribution in [3.8, 4) is 0 Å². The minimum Gasteiger partial charge on any atom is -0.367 e. The topological polar surface area (TPSA) is 42.1 Å². The van der Waals surface area contributed by atoms with Gasteiger partial charge < -0.3 is 10.6 Å². The van der Waals surface area contributed by atoms with Gasteiger partial charge >= 0.3 is 0 Å². The molecular weight excluding hydrogens is 282 g/mol. The van der Waals surface area contributed by atoms with Crippen LogP contribution in [0.2, 0.25) is 5.02 Å². The zero-order valence-corrected chi connectivity index (χ0v) is 13.8. The number of halogens is 1. The number of pyridine rings is 1. The second kappa shape index (κ2) is 6.46. The average Bonchev–Trinajstić information content (AvgIpc) is 2.45. The lowest BCUT2D eigenvalue weighted by molar-refractivity contribution is 0.731. The zero-order chi connectivity index (χ0) is 15.6. The maximum absolute atomic E-state index is 6.32. The van der Waals surface area contributed by atoms with E-state index >= 15 is 0 Å². The summed E-state index contributed by atoms with van der Waals surface area (Å²) in [5, 5.41) is 0.786. The molecule has 2 aromatic rings. The molecule has 0 saturated carbocycles. The third-order valence-electron chi connectivity index (χ3n) is 3.96. The maximum Gasteiger partial charge on any atom is 0.0525 e. The number of hydrogen-bond donors (Lipinski definition) is 1. The lowest BCUT2D eigenvalue weighted by atomic mass is 10.0. The summed E-state index contributed by atoms with van der Waals surface area (Å²) in [4.78, 5) is 6.72. The number of anilines is 1. The summed E-state index contributed by atoms with van der Waals surface area (Å²) in [7, 11) is 2.07. The Balaban J connectivity index is 2.45. The molecule has 2 rings (SSSR count). The maximum atomic E-state index is 6.32. The van der Waals surface area contributed by atoms with Gasteiger partial charge in [0.25, 0.3) is 0 Å². The molecule has 0 aliphatic rings. The van der Waals surface area contributed by atoms with E-state index in [1.165, 1.54) is 0 Å². The molecule has 0 saturated heterocycles. The summed E-state index contributed by atoms with van der Waals surface area (Å²) < 4.78 is 0. The molecule has 1 aromatic carbocycles. The van der Waals surface area contributed by atoms with Crippen LogP contribution < -0.4 is 10.6 Å². The predicted molar refractivity (Wildman–Crippen MR) is 89.9 cm³/mol. The molecule has 1 aromatic heterocycles. The van der Waals surface area contributed by atoms with Crippen LogP contribution in [-0.2, 0) is 6.54 Å². The normalized spacial score (nSPS) is 12.3. The third kappa shape index (κ3) is 3.20. The second-order valence-electron chi connectivity index (χ2n) is 5.36. The van der Waals surface area contributed by atoms with Crippen molar-refractivity contribution in [2.24, 2.45) is 5.73 Å². The van der Waals surface area contributed by atoms with Crippen LogP contribution in [0.25, 0.3) is 0 Å². The van der Waals surface area contributed by atoms with Crippen LogP contribution in [0.1, 0.15) is 35.5 Å². The molecule has 0 aliphatic heterocycles. The van der Waals surface area contributed by atoms with Crippen molar-refractivity contribution < 1.29 is 0 Å². The van der Waals surface area contributed by atoms with E-state index in [0.29, 0.717) is 6.54 Å². The van der Waals surface area contributed by atoms with Crippen LogP contribution in [0, 0.1) is 13.8 Å². The lowest BCUT2D eigenvalue weighted by Gasteiger charge is -2.30. The van der Waals surface area contributed by atoms with Gasteiger partial charge in [-0.1, -0.05) is 29.8 Å². The molecule has 1 heterocycles. The van der Waals surface area contributed by atoms with Gasteiger partial charge in [0.2, 0.25) is 0 Å². The number of nitrogens with zero attached hydrogens (tertiary/aromatic N) is 2. The minimum absolute atomic E-state index is 0.158. The standard InChI is InChI=1S/C17H22ClN3/c1-11-9-17(15(10-19)12(2)20-11)21(4)13(3)14-7-5-6-8-16(14)18/h5-9,13H,10,19H2,1-4H3. The first-order chi connectivity index (χ1) is 9.95. The third-order valence-corrected chi connectivity index (χ3v) is 4.30. The van der Waals surface area contributed by atoms with Crippen molar-refractivity contribution in [2.75, 3.05) is 11.9 Å². The number of aromatic nitrogens is 1. The summed E-state index contributed by atoms with van der Waals surface area (Å²) in [6, 6.07) is 10.2. The van der Waals surface area contributed by atoms with E-state index in [-0.39, 0.29) is 6.04 Å². The average molecular weight is 304 g/mol. The summed E-state index contributed by atoms with van der Waals surface area (Å²) in [6.07, 6.45) is 0. The molecule has 112 valence electrons. The van der Waals surface area contributed by atoms with Crippen LogP contribution >= 0.6 is 11.6 Å². The van der Waals surface area contributed by atoms with Crippen LogP contribution in [0.15, 0.2) is 30.3 Å². The van der Waals surface area contributed by atoms with E-state index in [0.717, 1.165) is 33.2 Å². The van der Waals surface area contributed by atoms with Gasteiger partial charge in [0.05, 0.1) is 6.04 Å². The Hall–Kier alpha value is -1.58. The molecular formula is C17H22ClN3. The second-order valence-corrected chi connectivity index (χ2v) is 5.77. The van der Waals surface area contributed by atoms with Crippen molar-refractivity contribution in [1.29, 1.82) is 0 Å². The van der Waals surface area contributed by atoms with Gasteiger partial charge in [0, 0.05) is 41.3 Å². The summed E-state index contributed by atoms with van der Waals surface area (Å²) >= 11 is 6.32. The van der Waals surface area contributed by atoms with Crippen LogP contribution in [0.3, 0.4) is 0 Å². The van der Waals surface area contributed by atoms with Gasteiger partial charge in [-0.05, 0) is 38.5 Å². The van der Waals surface area contributed by atoms with Gasteiger partial charge in [-0.3, -0.25) is 4.98 Å². The summed E-state index contributed by atoms with van der Waals surface area (Å²) in [5.41, 5.74) is 11.2. The highest BCUT2D eigenvalue weighted by Gasteiger charge is 2.18. The highest BCUT2D eigenvalue weighted by atomic mass is 35.5. The van der Waals surface area contributed by atoms with Crippen molar-refractivity contribution in [1.82, 2.24) is 4.98 Å². The Bertz CT molecular complexity index is 640. The SMILES string of the molecule is Cc1cc(N(C)C(C)c2ccccc2Cl)c(CN)c(C)n1. The lowest BCUT2D eigenvalue weighted by Crippen LogP contribution is -2.24. The quantitative estimate of drug-likeness (QED) is 0.928. The highest BCUT2D eigenvalue weighted by molar-refractivity contribution is 6.31. The Kier molecular flexibility index (Phi) is 4.86. The molecule has 4 heteroatoms. The highest BCUT2D eigenvalue weighted by Crippen LogP contribution is 2.32. The molecule has 0 radical (unpaired) electrons. The van der Waals surface area contributed by atoms with Crippen LogP contribution in [0.5, 0.6) is 0 Å². The molecule has 3 nitrogen and oxygen atoms in total. The van der Waals surface area contributed by atoms with Gasteiger partial charge in [-0.15, -0.1) is 0 Å². The number of hydrogen-bond acceptors (Lipinski definition) is 3. The Labute approximate surface area is 131 Å². The van der Waals surface area contributed by atoms with Gasteiger partial charge in [-0.2, -0.15) is 0 Å². The van der Waals surface area contributed by atoms with E-state index < -0.39 is 0 Å². The first-order valence-electron chi connectivity index (χ1n) is 7.10. The zero-order valence-electron chi connectivity index (χ0n) is 13.0. The first-order valence-corrected chi connectivity index (χ1v) is 7.48. The van der Waals surface area contributed by atoms with Crippen LogP contribution in [-0.4, -0.2) is 12.0 Å². The molecule has 1 atom stereocenters. The first kappa shape index (κ1) is 15.8. The number of aryl methyl sites for hydroxylation is 2. The van der Waals surface area contributed by atoms with Gasteiger partial charge in [0.15, 0.2) is 0 Å². The largest absolute Gasteiger partial charge is 0.367 e. The van der Waals surface area contributed by atoms with Crippen LogP contribution in [0.4, 0.5) is 5.69 Å². The van der Waals surface area contributed by atoms with Crippen molar-refractivity contribution in [3.05, 3.63) is 57.9 Å². The predicted octanol–water partition coefficient (Wildman–Crippen LogP) is 4.01. The van der Waals surface area contributed by atoms with E-state index in [2.05, 4.69) is 36.0 Å². The van der Waals surface area contributed by atoms with Crippen molar-refractivity contribution in [3.63, 3.8) is 0 Å². The van der Waals surface area contributed by atoms with E-state index in [9.17, 15) is 0 Å². The summed E-state index contributed by atoms with van der Waals surface area (Å²) in [6.45, 7) is 6.64. The van der Waals surface area contributed by atoms with Crippen molar-refractivity contribution in [2.45, 2.75) is 33.4 Å². The van der Waals surface area contributed by atoms with E-state index in [4.69, 9.17) is 17.3 Å². The fourth-order valence-electron chi connectivity index (χ4n) is 2.63. The molecule has 21 heavy (non-hydrogen) atoms. The van der Waals surface area contributed by atoms with Gasteiger partial charge in [0.1, 0.15) is 0 Å². The Morgan fingerprint density at radius 3 is 2.57 bits per heavy atom. The number of rotatable bonds is 4. The molecule has 0 aliphatic carbocycles. The molecule has 1 unspecified atom stereocenters. The molecule has 0 fully saturated rings. The number of benzene rings is 1. The Morgan fingerprint density at radius 1 is 1.29 bits per heavy atom. The van der Waals surface area contributed by atoms with Gasteiger partial charge in [-0.25, -0.2) is 0 Å². The Morgan fingerprint density at radius 2 is 1.95 bits per heavy atom. The molecule has 0 bridgehead atoms.